The van der Waals surface area contributed by atoms with Gasteiger partial charge in [-0.05, 0) is 39.7 Å². The number of hydrogen-bond donors (Lipinski definition) is 2. The van der Waals surface area contributed by atoms with E-state index in [1.807, 2.05) is 0 Å². The summed E-state index contributed by atoms with van der Waals surface area (Å²) in [6.45, 7) is 3.76. The molecule has 0 saturated carbocycles. The first-order chi connectivity index (χ1) is 6.63. The van der Waals surface area contributed by atoms with Crippen molar-refractivity contribution in [3.63, 3.8) is 0 Å². The standard InChI is InChI=1S/C10H10BrNO2/c1-2-10(14)12-6-7-3-4-9(13)8(11)5-7/h2-5,13H,1,6H2,(H,12,14). The SMILES string of the molecule is C=CC(=O)NCc1ccc(O)c(Br)c1. The van der Waals surface area contributed by atoms with Crippen molar-refractivity contribution in [2.24, 2.45) is 0 Å². The molecule has 1 aromatic rings. The zero-order valence-electron chi connectivity index (χ0n) is 7.46. The molecule has 1 rings (SSSR count). The smallest absolute Gasteiger partial charge is 0.243 e. The third-order valence-corrected chi connectivity index (χ3v) is 2.30. The van der Waals surface area contributed by atoms with E-state index in [-0.39, 0.29) is 11.7 Å². The van der Waals surface area contributed by atoms with Gasteiger partial charge in [-0.3, -0.25) is 4.79 Å². The number of amides is 1. The highest BCUT2D eigenvalue weighted by Gasteiger charge is 2.00. The number of phenols is 1. The largest absolute Gasteiger partial charge is 0.507 e. The Kier molecular flexibility index (Phi) is 3.71. The molecule has 2 N–H and O–H groups in total. The van der Waals surface area contributed by atoms with Gasteiger partial charge in [-0.2, -0.15) is 0 Å². The van der Waals surface area contributed by atoms with E-state index in [2.05, 4.69) is 27.8 Å². The number of carbonyl (C=O) groups is 1. The molecule has 0 fully saturated rings. The van der Waals surface area contributed by atoms with Crippen LogP contribution in [0.1, 0.15) is 5.56 Å². The van der Waals surface area contributed by atoms with Crippen LogP contribution in [-0.2, 0) is 11.3 Å². The van der Waals surface area contributed by atoms with Crippen molar-refractivity contribution in [3.05, 3.63) is 40.9 Å². The van der Waals surface area contributed by atoms with Gasteiger partial charge in [-0.15, -0.1) is 0 Å². The molecule has 0 bridgehead atoms. The van der Waals surface area contributed by atoms with Gasteiger partial charge < -0.3 is 10.4 Å². The van der Waals surface area contributed by atoms with E-state index in [0.29, 0.717) is 11.0 Å². The molecule has 0 atom stereocenters. The molecule has 3 nitrogen and oxygen atoms in total. The zero-order chi connectivity index (χ0) is 10.6. The topological polar surface area (TPSA) is 49.3 Å². The van der Waals surface area contributed by atoms with Gasteiger partial charge in [0.05, 0.1) is 4.47 Å². The molecular weight excluding hydrogens is 246 g/mol. The summed E-state index contributed by atoms with van der Waals surface area (Å²) >= 11 is 3.19. The number of rotatable bonds is 3. The van der Waals surface area contributed by atoms with Gasteiger partial charge in [-0.25, -0.2) is 0 Å². The molecule has 4 heteroatoms. The Morgan fingerprint density at radius 1 is 1.64 bits per heavy atom. The van der Waals surface area contributed by atoms with Crippen molar-refractivity contribution >= 4 is 21.8 Å². The summed E-state index contributed by atoms with van der Waals surface area (Å²) in [5.74, 6) is -0.0296. The lowest BCUT2D eigenvalue weighted by Gasteiger charge is -2.03. The molecule has 14 heavy (non-hydrogen) atoms. The first-order valence-corrected chi connectivity index (χ1v) is 4.80. The number of phenolic OH excluding ortho intramolecular Hbond substituents is 1. The molecule has 0 aliphatic carbocycles. The van der Waals surface area contributed by atoms with Crippen molar-refractivity contribution in [1.29, 1.82) is 0 Å². The van der Waals surface area contributed by atoms with E-state index in [1.165, 1.54) is 6.08 Å². The van der Waals surface area contributed by atoms with Crippen molar-refractivity contribution in [2.45, 2.75) is 6.54 Å². The van der Waals surface area contributed by atoms with Gasteiger partial charge in [-0.1, -0.05) is 12.6 Å². The van der Waals surface area contributed by atoms with E-state index in [4.69, 9.17) is 0 Å². The molecule has 0 unspecified atom stereocenters. The summed E-state index contributed by atoms with van der Waals surface area (Å²) in [6, 6.07) is 5.06. The Bertz CT molecular complexity index is 363. The van der Waals surface area contributed by atoms with Crippen LogP contribution in [0.15, 0.2) is 35.3 Å². The molecule has 0 aromatic heterocycles. The van der Waals surface area contributed by atoms with E-state index < -0.39 is 0 Å². The quantitative estimate of drug-likeness (QED) is 0.812. The molecule has 0 aliphatic heterocycles. The number of halogens is 1. The van der Waals surface area contributed by atoms with Crippen LogP contribution >= 0.6 is 15.9 Å². The molecule has 0 aliphatic rings. The fraction of sp³-hybridized carbons (Fsp3) is 0.100. The maximum Gasteiger partial charge on any atom is 0.243 e. The third-order valence-electron chi connectivity index (χ3n) is 1.66. The molecule has 0 radical (unpaired) electrons. The van der Waals surface area contributed by atoms with Crippen LogP contribution in [0, 0.1) is 0 Å². The molecule has 0 heterocycles. The highest BCUT2D eigenvalue weighted by atomic mass is 79.9. The van der Waals surface area contributed by atoms with Gasteiger partial charge in [0, 0.05) is 6.54 Å². The molecule has 74 valence electrons. The van der Waals surface area contributed by atoms with Crippen molar-refractivity contribution in [1.82, 2.24) is 5.32 Å². The normalized spacial score (nSPS) is 9.50. The lowest BCUT2D eigenvalue weighted by molar-refractivity contribution is -0.116. The highest BCUT2D eigenvalue weighted by molar-refractivity contribution is 9.10. The molecule has 0 spiro atoms. The van der Waals surface area contributed by atoms with Gasteiger partial charge in [0.15, 0.2) is 0 Å². The van der Waals surface area contributed by atoms with Crippen LogP contribution in [0.5, 0.6) is 5.75 Å². The molecular formula is C10H10BrNO2. The van der Waals surface area contributed by atoms with Crippen LogP contribution in [0.2, 0.25) is 0 Å². The van der Waals surface area contributed by atoms with Crippen molar-refractivity contribution in [2.75, 3.05) is 0 Å². The number of hydrogen-bond acceptors (Lipinski definition) is 2. The van der Waals surface area contributed by atoms with Crippen LogP contribution in [-0.4, -0.2) is 11.0 Å². The predicted molar refractivity (Wildman–Crippen MR) is 57.9 cm³/mol. The highest BCUT2D eigenvalue weighted by Crippen LogP contribution is 2.23. The van der Waals surface area contributed by atoms with Crippen molar-refractivity contribution < 1.29 is 9.90 Å². The number of nitrogens with one attached hydrogen (secondary N) is 1. The lowest BCUT2D eigenvalue weighted by atomic mass is 10.2. The summed E-state index contributed by atoms with van der Waals surface area (Å²) < 4.78 is 0.614. The predicted octanol–water partition coefficient (Wildman–Crippen LogP) is 1.96. The van der Waals surface area contributed by atoms with Gasteiger partial charge in [0.2, 0.25) is 5.91 Å². The average molecular weight is 256 g/mol. The monoisotopic (exact) mass is 255 g/mol. The van der Waals surface area contributed by atoms with Crippen LogP contribution in [0.4, 0.5) is 0 Å². The number of carbonyl (C=O) groups excluding carboxylic acids is 1. The summed E-state index contributed by atoms with van der Waals surface area (Å²) in [5, 5.41) is 11.9. The Hall–Kier alpha value is -1.29. The second-order valence-electron chi connectivity index (χ2n) is 2.71. The summed E-state index contributed by atoms with van der Waals surface area (Å²) in [7, 11) is 0. The second-order valence-corrected chi connectivity index (χ2v) is 3.56. The summed E-state index contributed by atoms with van der Waals surface area (Å²) in [5.41, 5.74) is 0.907. The summed E-state index contributed by atoms with van der Waals surface area (Å²) in [4.78, 5) is 10.8. The fourth-order valence-electron chi connectivity index (χ4n) is 0.922. The lowest BCUT2D eigenvalue weighted by Crippen LogP contribution is -2.19. The molecule has 0 saturated heterocycles. The number of benzene rings is 1. The van der Waals surface area contributed by atoms with Crippen LogP contribution in [0.3, 0.4) is 0 Å². The van der Waals surface area contributed by atoms with Crippen molar-refractivity contribution in [3.8, 4) is 5.75 Å². The Balaban J connectivity index is 2.64. The minimum atomic E-state index is -0.214. The van der Waals surface area contributed by atoms with E-state index in [1.54, 1.807) is 18.2 Å². The van der Waals surface area contributed by atoms with E-state index in [0.717, 1.165) is 5.56 Å². The first-order valence-electron chi connectivity index (χ1n) is 4.01. The Labute approximate surface area is 90.6 Å². The van der Waals surface area contributed by atoms with Crippen LogP contribution < -0.4 is 5.32 Å². The minimum absolute atomic E-state index is 0.184. The zero-order valence-corrected chi connectivity index (χ0v) is 9.04. The van der Waals surface area contributed by atoms with Gasteiger partial charge in [0.1, 0.15) is 5.75 Å². The molecule has 1 amide bonds. The maximum atomic E-state index is 10.8. The van der Waals surface area contributed by atoms with E-state index >= 15 is 0 Å². The van der Waals surface area contributed by atoms with E-state index in [9.17, 15) is 9.90 Å². The minimum Gasteiger partial charge on any atom is -0.507 e. The maximum absolute atomic E-state index is 10.8. The first kappa shape index (κ1) is 10.8. The Morgan fingerprint density at radius 3 is 2.93 bits per heavy atom. The Morgan fingerprint density at radius 2 is 2.36 bits per heavy atom. The second kappa shape index (κ2) is 4.81. The fourth-order valence-corrected chi connectivity index (χ4v) is 1.35. The van der Waals surface area contributed by atoms with Gasteiger partial charge in [0.25, 0.3) is 0 Å². The third kappa shape index (κ3) is 2.88. The van der Waals surface area contributed by atoms with Gasteiger partial charge >= 0.3 is 0 Å². The molecule has 1 aromatic carbocycles. The summed E-state index contributed by atoms with van der Waals surface area (Å²) in [6.07, 6.45) is 1.22. The number of aromatic hydroxyl groups is 1. The average Bonchev–Trinajstić information content (AvgIpc) is 2.19. The van der Waals surface area contributed by atoms with Crippen LogP contribution in [0.25, 0.3) is 0 Å².